The number of benzene rings is 2. The highest BCUT2D eigenvalue weighted by Gasteiger charge is 2.36. The summed E-state index contributed by atoms with van der Waals surface area (Å²) in [4.78, 5) is 27.6. The summed E-state index contributed by atoms with van der Waals surface area (Å²) in [7, 11) is 1.63. The SMILES string of the molecule is COc1cc(NC(=O)C2CCC(N3Cc4c(CN)cccc4C3=O)CC2)ccc1C. The molecule has 2 aromatic rings. The van der Waals surface area contributed by atoms with Gasteiger partial charge in [0.1, 0.15) is 5.75 Å². The molecule has 1 aliphatic heterocycles. The molecule has 3 N–H and O–H groups in total. The maximum Gasteiger partial charge on any atom is 0.254 e. The molecule has 1 saturated carbocycles. The second-order valence-electron chi connectivity index (χ2n) is 8.26. The van der Waals surface area contributed by atoms with E-state index in [1.165, 1.54) is 0 Å². The van der Waals surface area contributed by atoms with Gasteiger partial charge in [0.05, 0.1) is 7.11 Å². The van der Waals surface area contributed by atoms with Crippen LogP contribution in [0, 0.1) is 12.8 Å². The van der Waals surface area contributed by atoms with Gasteiger partial charge in [0, 0.05) is 42.4 Å². The lowest BCUT2D eigenvalue weighted by molar-refractivity contribution is -0.121. The fraction of sp³-hybridized carbons (Fsp3) is 0.417. The average Bonchev–Trinajstić information content (AvgIpc) is 3.11. The molecular weight excluding hydrogens is 378 g/mol. The number of rotatable bonds is 5. The number of amides is 2. The molecule has 6 nitrogen and oxygen atoms in total. The average molecular weight is 408 g/mol. The molecular formula is C24H29N3O3. The normalized spacial score (nSPS) is 20.8. The Labute approximate surface area is 177 Å². The summed E-state index contributed by atoms with van der Waals surface area (Å²) < 4.78 is 5.34. The Bertz CT molecular complexity index is 964. The summed E-state index contributed by atoms with van der Waals surface area (Å²) in [5.41, 5.74) is 10.5. The molecule has 0 bridgehead atoms. The second kappa shape index (κ2) is 8.48. The number of nitrogens with two attached hydrogens (primary N) is 1. The number of fused-ring (bicyclic) bond motifs is 1. The molecule has 0 saturated heterocycles. The zero-order valence-corrected chi connectivity index (χ0v) is 17.6. The van der Waals surface area contributed by atoms with E-state index in [2.05, 4.69) is 5.32 Å². The smallest absolute Gasteiger partial charge is 0.254 e. The third-order valence-corrected chi connectivity index (χ3v) is 6.50. The van der Waals surface area contributed by atoms with Gasteiger partial charge >= 0.3 is 0 Å². The van der Waals surface area contributed by atoms with Gasteiger partial charge in [-0.15, -0.1) is 0 Å². The van der Waals surface area contributed by atoms with Crippen LogP contribution in [0.1, 0.15) is 52.7 Å². The fourth-order valence-electron chi connectivity index (χ4n) is 4.70. The van der Waals surface area contributed by atoms with Crippen molar-refractivity contribution in [2.45, 2.75) is 51.7 Å². The Kier molecular flexibility index (Phi) is 5.77. The predicted octanol–water partition coefficient (Wildman–Crippen LogP) is 3.62. The summed E-state index contributed by atoms with van der Waals surface area (Å²) in [5, 5.41) is 3.02. The van der Waals surface area contributed by atoms with E-state index >= 15 is 0 Å². The van der Waals surface area contributed by atoms with E-state index in [4.69, 9.17) is 10.5 Å². The number of anilines is 1. The number of hydrogen-bond donors (Lipinski definition) is 2. The van der Waals surface area contributed by atoms with E-state index in [0.717, 1.165) is 59.4 Å². The van der Waals surface area contributed by atoms with Gasteiger partial charge < -0.3 is 20.7 Å². The molecule has 30 heavy (non-hydrogen) atoms. The number of nitrogens with zero attached hydrogens (tertiary/aromatic N) is 1. The molecule has 1 fully saturated rings. The Morgan fingerprint density at radius 1 is 1.20 bits per heavy atom. The van der Waals surface area contributed by atoms with Crippen molar-refractivity contribution in [3.8, 4) is 5.75 Å². The first kappa shape index (κ1) is 20.4. The molecule has 0 aromatic heterocycles. The van der Waals surface area contributed by atoms with E-state index < -0.39 is 0 Å². The molecule has 0 spiro atoms. The molecule has 2 aliphatic rings. The summed E-state index contributed by atoms with van der Waals surface area (Å²) in [6.45, 7) is 3.05. The molecule has 0 unspecified atom stereocenters. The minimum absolute atomic E-state index is 0.0340. The fourth-order valence-corrected chi connectivity index (χ4v) is 4.70. The summed E-state index contributed by atoms with van der Waals surface area (Å²) in [6.07, 6.45) is 3.24. The minimum Gasteiger partial charge on any atom is -0.496 e. The standard InChI is InChI=1S/C24H29N3O3/c1-15-6-9-18(12-22(15)30-2)26-23(28)16-7-10-19(11-8-16)27-14-21-17(13-25)4-3-5-20(21)24(27)29/h3-6,9,12,16,19H,7-8,10-11,13-14,25H2,1-2H3,(H,26,28). The Morgan fingerprint density at radius 3 is 2.67 bits per heavy atom. The van der Waals surface area contributed by atoms with E-state index in [-0.39, 0.29) is 23.8 Å². The van der Waals surface area contributed by atoms with E-state index in [9.17, 15) is 9.59 Å². The van der Waals surface area contributed by atoms with E-state index in [1.54, 1.807) is 7.11 Å². The number of carbonyl (C=O) groups is 2. The van der Waals surface area contributed by atoms with Crippen molar-refractivity contribution in [2.24, 2.45) is 11.7 Å². The van der Waals surface area contributed by atoms with Crippen molar-refractivity contribution in [2.75, 3.05) is 12.4 Å². The summed E-state index contributed by atoms with van der Waals surface area (Å²) >= 11 is 0. The lowest BCUT2D eigenvalue weighted by atomic mass is 9.84. The summed E-state index contributed by atoms with van der Waals surface area (Å²) in [6, 6.07) is 11.7. The third kappa shape index (κ3) is 3.79. The predicted molar refractivity (Wildman–Crippen MR) is 116 cm³/mol. The summed E-state index contributed by atoms with van der Waals surface area (Å²) in [5.74, 6) is 0.870. The zero-order chi connectivity index (χ0) is 21.3. The molecule has 0 atom stereocenters. The largest absolute Gasteiger partial charge is 0.496 e. The van der Waals surface area contributed by atoms with Crippen LogP contribution in [0.3, 0.4) is 0 Å². The van der Waals surface area contributed by atoms with E-state index in [0.29, 0.717) is 13.1 Å². The lowest BCUT2D eigenvalue weighted by Crippen LogP contribution is -2.40. The molecule has 6 heteroatoms. The van der Waals surface area contributed by atoms with Crippen LogP contribution in [0.25, 0.3) is 0 Å². The Hall–Kier alpha value is -2.86. The van der Waals surface area contributed by atoms with Gasteiger partial charge in [-0.1, -0.05) is 18.2 Å². The molecule has 0 radical (unpaired) electrons. The van der Waals surface area contributed by atoms with Crippen LogP contribution in [0.4, 0.5) is 5.69 Å². The van der Waals surface area contributed by atoms with Crippen LogP contribution in [-0.4, -0.2) is 29.9 Å². The monoisotopic (exact) mass is 407 g/mol. The molecule has 1 aliphatic carbocycles. The molecule has 2 amide bonds. The second-order valence-corrected chi connectivity index (χ2v) is 8.26. The number of nitrogens with one attached hydrogen (secondary N) is 1. The van der Waals surface area contributed by atoms with Crippen LogP contribution in [-0.2, 0) is 17.9 Å². The molecule has 158 valence electrons. The van der Waals surface area contributed by atoms with Crippen molar-refractivity contribution < 1.29 is 14.3 Å². The first-order valence-corrected chi connectivity index (χ1v) is 10.6. The van der Waals surface area contributed by atoms with Crippen LogP contribution in [0.2, 0.25) is 0 Å². The van der Waals surface area contributed by atoms with Gasteiger partial charge in [0.2, 0.25) is 5.91 Å². The number of methoxy groups -OCH3 is 1. The number of ether oxygens (including phenoxy) is 1. The van der Waals surface area contributed by atoms with Gasteiger partial charge in [0.25, 0.3) is 5.91 Å². The van der Waals surface area contributed by atoms with Crippen molar-refractivity contribution in [1.29, 1.82) is 0 Å². The lowest BCUT2D eigenvalue weighted by Gasteiger charge is -2.34. The first-order chi connectivity index (χ1) is 14.5. The number of hydrogen-bond acceptors (Lipinski definition) is 4. The first-order valence-electron chi connectivity index (χ1n) is 10.6. The molecule has 2 aromatic carbocycles. The minimum atomic E-state index is -0.0340. The molecule has 1 heterocycles. The van der Waals surface area contributed by atoms with Gasteiger partial charge in [0.15, 0.2) is 0 Å². The van der Waals surface area contributed by atoms with Crippen molar-refractivity contribution in [1.82, 2.24) is 4.90 Å². The van der Waals surface area contributed by atoms with Crippen molar-refractivity contribution in [3.05, 3.63) is 58.7 Å². The van der Waals surface area contributed by atoms with Crippen LogP contribution in [0.15, 0.2) is 36.4 Å². The van der Waals surface area contributed by atoms with Gasteiger partial charge in [-0.05, 0) is 61.4 Å². The van der Waals surface area contributed by atoms with Gasteiger partial charge in [-0.2, -0.15) is 0 Å². The maximum absolute atomic E-state index is 12.9. The van der Waals surface area contributed by atoms with Crippen LogP contribution >= 0.6 is 0 Å². The Morgan fingerprint density at radius 2 is 1.97 bits per heavy atom. The highest BCUT2D eigenvalue weighted by molar-refractivity contribution is 5.99. The van der Waals surface area contributed by atoms with Crippen LogP contribution in [0.5, 0.6) is 5.75 Å². The van der Waals surface area contributed by atoms with Crippen LogP contribution < -0.4 is 15.8 Å². The van der Waals surface area contributed by atoms with Gasteiger partial charge in [-0.3, -0.25) is 9.59 Å². The number of carbonyl (C=O) groups excluding carboxylic acids is 2. The highest BCUT2D eigenvalue weighted by atomic mass is 16.5. The highest BCUT2D eigenvalue weighted by Crippen LogP contribution is 2.35. The van der Waals surface area contributed by atoms with Crippen molar-refractivity contribution >= 4 is 17.5 Å². The Balaban J connectivity index is 1.36. The zero-order valence-electron chi connectivity index (χ0n) is 17.6. The topological polar surface area (TPSA) is 84.7 Å². The third-order valence-electron chi connectivity index (χ3n) is 6.50. The maximum atomic E-state index is 12.9. The van der Waals surface area contributed by atoms with E-state index in [1.807, 2.05) is 48.2 Å². The molecule has 4 rings (SSSR count). The number of aryl methyl sites for hydroxylation is 1. The van der Waals surface area contributed by atoms with Crippen molar-refractivity contribution in [3.63, 3.8) is 0 Å². The van der Waals surface area contributed by atoms with Gasteiger partial charge in [-0.25, -0.2) is 0 Å². The quantitative estimate of drug-likeness (QED) is 0.793.